The van der Waals surface area contributed by atoms with Crippen LogP contribution >= 0.6 is 0 Å². The number of carbonyl (C=O) groups is 1. The van der Waals surface area contributed by atoms with Gasteiger partial charge in [-0.2, -0.15) is 0 Å². The number of aromatic nitrogens is 1. The highest BCUT2D eigenvalue weighted by molar-refractivity contribution is 7.90. The van der Waals surface area contributed by atoms with Gasteiger partial charge in [-0.3, -0.25) is 19.5 Å². The van der Waals surface area contributed by atoms with Gasteiger partial charge in [-0.05, 0) is 42.7 Å². The predicted octanol–water partition coefficient (Wildman–Crippen LogP) is 1.48. The third kappa shape index (κ3) is 2.96. The summed E-state index contributed by atoms with van der Waals surface area (Å²) in [4.78, 5) is 23.0. The minimum Gasteiger partial charge on any atom is -0.334 e. The molecule has 1 atom stereocenters. The Morgan fingerprint density at radius 1 is 1.23 bits per heavy atom. The lowest BCUT2D eigenvalue weighted by Crippen LogP contribution is -2.33. The number of fused-ring (bicyclic) bond motifs is 1. The first-order valence-electron chi connectivity index (χ1n) is 8.42. The summed E-state index contributed by atoms with van der Waals surface area (Å²) in [6, 6.07) is 10.5. The van der Waals surface area contributed by atoms with Gasteiger partial charge in [-0.25, -0.2) is 8.42 Å². The quantitative estimate of drug-likeness (QED) is 0.886. The molecule has 1 fully saturated rings. The molecule has 0 spiro atoms. The van der Waals surface area contributed by atoms with Crippen molar-refractivity contribution in [2.24, 2.45) is 4.99 Å². The summed E-state index contributed by atoms with van der Waals surface area (Å²) in [6.07, 6.45) is 5.29. The van der Waals surface area contributed by atoms with Crippen molar-refractivity contribution in [3.63, 3.8) is 0 Å². The highest BCUT2D eigenvalue weighted by Crippen LogP contribution is 2.31. The molecule has 7 nitrogen and oxygen atoms in total. The number of rotatable bonds is 3. The van der Waals surface area contributed by atoms with Crippen LogP contribution in [0.4, 0.5) is 0 Å². The van der Waals surface area contributed by atoms with Gasteiger partial charge in [0.2, 0.25) is 5.91 Å². The number of benzene rings is 1. The Balaban J connectivity index is 1.53. The molecule has 1 N–H and O–H groups in total. The Kier molecular flexibility index (Phi) is 4.20. The van der Waals surface area contributed by atoms with E-state index in [0.717, 1.165) is 18.4 Å². The second-order valence-corrected chi connectivity index (χ2v) is 7.94. The van der Waals surface area contributed by atoms with Crippen LogP contribution in [0.15, 0.2) is 58.7 Å². The number of amides is 1. The molecule has 2 aliphatic rings. The van der Waals surface area contributed by atoms with E-state index in [4.69, 9.17) is 0 Å². The number of hydrogen-bond donors (Lipinski definition) is 1. The molecule has 1 aromatic heterocycles. The normalized spacial score (nSPS) is 22.2. The van der Waals surface area contributed by atoms with Crippen LogP contribution in [-0.2, 0) is 14.8 Å². The zero-order chi connectivity index (χ0) is 18.1. The summed E-state index contributed by atoms with van der Waals surface area (Å²) in [5.41, 5.74) is 1.57. The van der Waals surface area contributed by atoms with Gasteiger partial charge in [-0.15, -0.1) is 0 Å². The van der Waals surface area contributed by atoms with Crippen LogP contribution < -0.4 is 4.72 Å². The lowest BCUT2D eigenvalue weighted by Gasteiger charge is -2.24. The molecule has 3 heterocycles. The molecule has 1 aromatic carbocycles. The summed E-state index contributed by atoms with van der Waals surface area (Å²) in [7, 11) is -3.59. The van der Waals surface area contributed by atoms with Crippen LogP contribution in [0, 0.1) is 0 Å². The van der Waals surface area contributed by atoms with E-state index in [2.05, 4.69) is 14.7 Å². The average Bonchev–Trinajstić information content (AvgIpc) is 3.24. The van der Waals surface area contributed by atoms with Crippen molar-refractivity contribution in [3.8, 4) is 0 Å². The van der Waals surface area contributed by atoms with Gasteiger partial charge in [-0.1, -0.05) is 12.1 Å². The lowest BCUT2D eigenvalue weighted by atomic mass is 10.1. The Morgan fingerprint density at radius 3 is 2.81 bits per heavy atom. The van der Waals surface area contributed by atoms with Crippen molar-refractivity contribution in [1.29, 1.82) is 0 Å². The van der Waals surface area contributed by atoms with E-state index in [1.807, 2.05) is 17.0 Å². The van der Waals surface area contributed by atoms with E-state index < -0.39 is 10.0 Å². The number of sulfonamides is 1. The number of nitrogens with zero attached hydrogens (tertiary/aromatic N) is 3. The zero-order valence-electron chi connectivity index (χ0n) is 14.0. The second-order valence-electron chi connectivity index (χ2n) is 6.29. The van der Waals surface area contributed by atoms with E-state index in [0.29, 0.717) is 12.1 Å². The second kappa shape index (κ2) is 6.53. The molecular formula is C18H18N4O3S. The summed E-state index contributed by atoms with van der Waals surface area (Å²) >= 11 is 0. The molecule has 0 bridgehead atoms. The van der Waals surface area contributed by atoms with Crippen LogP contribution in [0.3, 0.4) is 0 Å². The molecule has 4 rings (SSSR count). The average molecular weight is 370 g/mol. The maximum Gasteiger partial charge on any atom is 0.263 e. The fourth-order valence-electron chi connectivity index (χ4n) is 3.49. The molecule has 2 aromatic rings. The molecule has 134 valence electrons. The fourth-order valence-corrected chi connectivity index (χ4v) is 4.74. The van der Waals surface area contributed by atoms with Gasteiger partial charge in [0.25, 0.3) is 10.0 Å². The Bertz CT molecular complexity index is 973. The summed E-state index contributed by atoms with van der Waals surface area (Å²) in [5.74, 6) is 0.119. The van der Waals surface area contributed by atoms with Gasteiger partial charge in [0.1, 0.15) is 12.4 Å². The Labute approximate surface area is 151 Å². The zero-order valence-corrected chi connectivity index (χ0v) is 14.8. The van der Waals surface area contributed by atoms with Crippen molar-refractivity contribution < 1.29 is 13.2 Å². The number of nitrogens with one attached hydrogen (secondary N) is 1. The number of pyridine rings is 1. The summed E-state index contributed by atoms with van der Waals surface area (Å²) < 4.78 is 26.6. The van der Waals surface area contributed by atoms with Gasteiger partial charge in [0.15, 0.2) is 0 Å². The van der Waals surface area contributed by atoms with Crippen LogP contribution in [0.5, 0.6) is 0 Å². The summed E-state index contributed by atoms with van der Waals surface area (Å²) in [6.45, 7) is 0.590. The van der Waals surface area contributed by atoms with Gasteiger partial charge >= 0.3 is 0 Å². The molecule has 8 heteroatoms. The third-order valence-corrected chi connectivity index (χ3v) is 6.10. The molecule has 0 radical (unpaired) electrons. The number of likely N-dealkylation sites (tertiary alicyclic amines) is 1. The molecule has 1 amide bonds. The van der Waals surface area contributed by atoms with E-state index in [1.54, 1.807) is 30.6 Å². The maximum absolute atomic E-state index is 12.7. The van der Waals surface area contributed by atoms with Crippen molar-refractivity contribution >= 4 is 21.8 Å². The molecule has 2 aliphatic heterocycles. The minimum atomic E-state index is -3.59. The highest BCUT2D eigenvalue weighted by Gasteiger charge is 2.32. The Hall–Kier alpha value is -2.74. The first-order valence-corrected chi connectivity index (χ1v) is 9.90. The fraction of sp³-hybridized carbons (Fsp3) is 0.278. The molecular weight excluding hydrogens is 352 g/mol. The van der Waals surface area contributed by atoms with Gasteiger partial charge in [0.05, 0.1) is 10.9 Å². The van der Waals surface area contributed by atoms with Crippen LogP contribution in [-0.4, -0.2) is 43.1 Å². The first-order chi connectivity index (χ1) is 12.6. The van der Waals surface area contributed by atoms with Crippen LogP contribution in [0.25, 0.3) is 0 Å². The van der Waals surface area contributed by atoms with E-state index in [-0.39, 0.29) is 29.2 Å². The maximum atomic E-state index is 12.7. The first kappa shape index (κ1) is 16.7. The third-order valence-electron chi connectivity index (χ3n) is 4.70. The molecule has 1 saturated heterocycles. The number of hydrogen-bond acceptors (Lipinski definition) is 5. The monoisotopic (exact) mass is 370 g/mol. The highest BCUT2D eigenvalue weighted by atomic mass is 32.2. The minimum absolute atomic E-state index is 0.0262. The number of amidine groups is 1. The number of aliphatic imine (C=N–C) groups is 1. The van der Waals surface area contributed by atoms with Crippen LogP contribution in [0.2, 0.25) is 0 Å². The lowest BCUT2D eigenvalue weighted by molar-refractivity contribution is -0.130. The smallest absolute Gasteiger partial charge is 0.263 e. The van der Waals surface area contributed by atoms with Gasteiger partial charge < -0.3 is 4.90 Å². The van der Waals surface area contributed by atoms with E-state index >= 15 is 0 Å². The standard InChI is InChI=1S/C18H18N4O3S/c23-17(22-11-3-5-15(22)13-7-9-19-10-8-13)12-20-18-14-4-1-2-6-16(14)26(24,25)21-18/h1-2,4,6-10,15H,3,5,11-12H2,(H,20,21). The molecule has 26 heavy (non-hydrogen) atoms. The summed E-state index contributed by atoms with van der Waals surface area (Å²) in [5, 5.41) is 0. The van der Waals surface area contributed by atoms with Crippen molar-refractivity contribution in [3.05, 3.63) is 59.9 Å². The molecule has 0 aliphatic carbocycles. The van der Waals surface area contributed by atoms with Crippen LogP contribution in [0.1, 0.15) is 30.0 Å². The van der Waals surface area contributed by atoms with E-state index in [9.17, 15) is 13.2 Å². The van der Waals surface area contributed by atoms with Crippen molar-refractivity contribution in [2.45, 2.75) is 23.8 Å². The van der Waals surface area contributed by atoms with Crippen molar-refractivity contribution in [2.75, 3.05) is 13.1 Å². The SMILES string of the molecule is O=C(CN=C1NS(=O)(=O)c2ccccc21)N1CCCC1c1ccncc1. The topological polar surface area (TPSA) is 91.7 Å². The van der Waals surface area contributed by atoms with Gasteiger partial charge in [0, 0.05) is 24.5 Å². The van der Waals surface area contributed by atoms with E-state index in [1.165, 1.54) is 6.07 Å². The van der Waals surface area contributed by atoms with Crippen molar-refractivity contribution in [1.82, 2.24) is 14.6 Å². The Morgan fingerprint density at radius 2 is 2.00 bits per heavy atom. The predicted molar refractivity (Wildman–Crippen MR) is 96.1 cm³/mol. The number of carbonyl (C=O) groups excluding carboxylic acids is 1. The molecule has 1 unspecified atom stereocenters. The largest absolute Gasteiger partial charge is 0.334 e. The molecule has 0 saturated carbocycles.